The van der Waals surface area contributed by atoms with E-state index >= 15 is 0 Å². The van der Waals surface area contributed by atoms with E-state index in [0.29, 0.717) is 0 Å². The van der Waals surface area contributed by atoms with E-state index in [2.05, 4.69) is 23.8 Å². The molecule has 0 spiro atoms. The van der Waals surface area contributed by atoms with Crippen LogP contribution < -0.4 is 0 Å². The van der Waals surface area contributed by atoms with Gasteiger partial charge in [-0.15, -0.1) is 0 Å². The Labute approximate surface area is 98.3 Å². The summed E-state index contributed by atoms with van der Waals surface area (Å²) in [5, 5.41) is 0. The van der Waals surface area contributed by atoms with Crippen LogP contribution in [0.4, 0.5) is 0 Å². The first kappa shape index (κ1) is 9.84. The number of hydrogen-bond donors (Lipinski definition) is 0. The first-order chi connectivity index (χ1) is 5.75. The fourth-order valence-electron chi connectivity index (χ4n) is 0.841. The van der Waals surface area contributed by atoms with Gasteiger partial charge >= 0.3 is 99.3 Å². The molecular weight excluding hydrogens is 412 g/mol. The number of hydrogen-bond acceptors (Lipinski definition) is 0. The summed E-state index contributed by atoms with van der Waals surface area (Å²) >= 11 is 3.03. The molecule has 0 saturated carbocycles. The van der Waals surface area contributed by atoms with Crippen LogP contribution in [0.5, 0.6) is 0 Å². The van der Waals surface area contributed by atoms with Crippen molar-refractivity contribution in [1.82, 2.24) is 0 Å². The molecule has 2 aliphatic heterocycles. The van der Waals surface area contributed by atoms with E-state index in [0.717, 1.165) is 59.8 Å². The van der Waals surface area contributed by atoms with Crippen molar-refractivity contribution in [2.45, 2.75) is 13.8 Å². The Bertz CT molecular complexity index is 268. The van der Waals surface area contributed by atoms with Crippen LogP contribution in [0.2, 0.25) is 0 Å². The predicted molar refractivity (Wildman–Crippen MR) is 57.6 cm³/mol. The molecule has 4 heteroatoms. The summed E-state index contributed by atoms with van der Waals surface area (Å²) < 4.78 is 7.09. The van der Waals surface area contributed by atoms with Crippen LogP contribution in [0, 0.1) is 0 Å². The van der Waals surface area contributed by atoms with Crippen LogP contribution in [0.1, 0.15) is 13.8 Å². The van der Waals surface area contributed by atoms with Gasteiger partial charge in [-0.2, -0.15) is 0 Å². The van der Waals surface area contributed by atoms with Crippen molar-refractivity contribution < 1.29 is 0 Å². The van der Waals surface area contributed by atoms with E-state index < -0.39 is 0 Å². The SMILES string of the molecule is CC1=C[Se]/C(=C2\[Se]C=C(C)[Se]2)[Se]1. The zero-order valence-electron chi connectivity index (χ0n) is 6.79. The fourth-order valence-corrected chi connectivity index (χ4v) is 15.3. The third-order valence-corrected chi connectivity index (χ3v) is 16.6. The second-order valence-electron chi connectivity index (χ2n) is 2.47. The van der Waals surface area contributed by atoms with Crippen molar-refractivity contribution >= 4 is 59.8 Å². The molecule has 0 radical (unpaired) electrons. The average molecular weight is 420 g/mol. The third kappa shape index (κ3) is 2.21. The fraction of sp³-hybridized carbons (Fsp3) is 0.250. The number of allylic oxidation sites excluding steroid dienone is 2. The molecule has 0 fully saturated rings. The average Bonchev–Trinajstić information content (AvgIpc) is 2.58. The Balaban J connectivity index is 2.11. The molecule has 2 heterocycles. The minimum atomic E-state index is 0.751. The molecule has 0 N–H and O–H groups in total. The number of rotatable bonds is 0. The summed E-state index contributed by atoms with van der Waals surface area (Å²) in [6.07, 6.45) is 0. The Morgan fingerprint density at radius 3 is 1.50 bits per heavy atom. The van der Waals surface area contributed by atoms with E-state index in [-0.39, 0.29) is 0 Å². The first-order valence-corrected chi connectivity index (χ1v) is 10.6. The van der Waals surface area contributed by atoms with E-state index in [1.165, 1.54) is 0 Å². The first-order valence-electron chi connectivity index (χ1n) is 3.52. The van der Waals surface area contributed by atoms with Crippen molar-refractivity contribution in [2.24, 2.45) is 0 Å². The molecule has 0 amide bonds. The van der Waals surface area contributed by atoms with Gasteiger partial charge in [0.1, 0.15) is 0 Å². The summed E-state index contributed by atoms with van der Waals surface area (Å²) in [5.41, 5.74) is 0. The van der Waals surface area contributed by atoms with Crippen LogP contribution >= 0.6 is 0 Å². The second-order valence-corrected chi connectivity index (χ2v) is 14.1. The maximum absolute atomic E-state index is 2.48. The second kappa shape index (κ2) is 4.22. The zero-order valence-corrected chi connectivity index (χ0v) is 13.6. The molecule has 0 aromatic heterocycles. The standard InChI is InChI=1S/C8H8Se4/c1-5-3-9-7(11-5)8-10-4-6(2)12-8/h3-4H,1-2H3/b8-7-. The summed E-state index contributed by atoms with van der Waals surface area (Å²) in [7, 11) is 0. The van der Waals surface area contributed by atoms with Gasteiger partial charge in [-0.25, -0.2) is 0 Å². The normalized spacial score (nSPS) is 29.2. The van der Waals surface area contributed by atoms with E-state index in [4.69, 9.17) is 0 Å². The Kier molecular flexibility index (Phi) is 3.46. The van der Waals surface area contributed by atoms with Crippen LogP contribution in [0.3, 0.4) is 0 Å². The monoisotopic (exact) mass is 424 g/mol. The van der Waals surface area contributed by atoms with Gasteiger partial charge in [-0.1, -0.05) is 0 Å². The van der Waals surface area contributed by atoms with Crippen LogP contribution in [0.15, 0.2) is 25.6 Å². The molecule has 0 bridgehead atoms. The van der Waals surface area contributed by atoms with Crippen molar-refractivity contribution in [3.8, 4) is 0 Å². The van der Waals surface area contributed by atoms with Gasteiger partial charge in [-0.05, 0) is 0 Å². The van der Waals surface area contributed by atoms with Crippen LogP contribution in [-0.4, -0.2) is 59.8 Å². The van der Waals surface area contributed by atoms with Crippen molar-refractivity contribution in [1.29, 1.82) is 0 Å². The molecular formula is C8H8Se4. The Morgan fingerprint density at radius 2 is 1.25 bits per heavy atom. The summed E-state index contributed by atoms with van der Waals surface area (Å²) in [6.45, 7) is 4.59. The van der Waals surface area contributed by atoms with E-state index in [9.17, 15) is 0 Å². The molecule has 0 atom stereocenters. The third-order valence-electron chi connectivity index (χ3n) is 1.34. The summed E-state index contributed by atoms with van der Waals surface area (Å²) in [6, 6.07) is 0. The van der Waals surface area contributed by atoms with Crippen LogP contribution in [0.25, 0.3) is 0 Å². The minimum absolute atomic E-state index is 0.751. The van der Waals surface area contributed by atoms with E-state index in [1.54, 1.807) is 8.94 Å². The summed E-state index contributed by atoms with van der Waals surface area (Å²) in [4.78, 5) is 4.96. The van der Waals surface area contributed by atoms with Gasteiger partial charge in [0.25, 0.3) is 0 Å². The molecule has 0 unspecified atom stereocenters. The Morgan fingerprint density at radius 1 is 0.833 bits per heavy atom. The molecule has 2 rings (SSSR count). The van der Waals surface area contributed by atoms with Crippen LogP contribution in [-0.2, 0) is 0 Å². The molecule has 0 aromatic carbocycles. The maximum atomic E-state index is 2.48. The summed E-state index contributed by atoms with van der Waals surface area (Å²) in [5.74, 6) is 0. The molecule has 0 nitrogen and oxygen atoms in total. The van der Waals surface area contributed by atoms with Gasteiger partial charge in [0, 0.05) is 0 Å². The molecule has 2 aliphatic rings. The van der Waals surface area contributed by atoms with Crippen molar-refractivity contribution in [3.05, 3.63) is 25.6 Å². The quantitative estimate of drug-likeness (QED) is 0.506. The molecule has 0 aromatic rings. The van der Waals surface area contributed by atoms with Crippen molar-refractivity contribution in [3.63, 3.8) is 0 Å². The van der Waals surface area contributed by atoms with Gasteiger partial charge in [0.05, 0.1) is 0 Å². The molecule has 64 valence electrons. The molecule has 12 heavy (non-hydrogen) atoms. The van der Waals surface area contributed by atoms with Gasteiger partial charge in [0.2, 0.25) is 0 Å². The molecule has 0 saturated heterocycles. The molecule has 0 aliphatic carbocycles. The van der Waals surface area contributed by atoms with Gasteiger partial charge in [-0.3, -0.25) is 0 Å². The van der Waals surface area contributed by atoms with Gasteiger partial charge < -0.3 is 0 Å². The predicted octanol–water partition coefficient (Wildman–Crippen LogP) is 0.680. The zero-order chi connectivity index (χ0) is 8.55. The topological polar surface area (TPSA) is 0 Å². The Hall–Kier alpha value is 1.30. The van der Waals surface area contributed by atoms with E-state index in [1.807, 2.05) is 6.74 Å². The van der Waals surface area contributed by atoms with Gasteiger partial charge in [0.15, 0.2) is 0 Å². The van der Waals surface area contributed by atoms with Crippen molar-refractivity contribution in [2.75, 3.05) is 0 Å².